The van der Waals surface area contributed by atoms with Crippen LogP contribution in [0, 0.1) is 0 Å². The number of thioether (sulfide) groups is 1. The first-order valence-corrected chi connectivity index (χ1v) is 8.08. The maximum Gasteiger partial charge on any atom is 0.271 e. The molecule has 2 unspecified atom stereocenters. The standard InChI is InChI=1S/C13H17BrN2OS/c1-2-18-10-6-5-9(8-10)16-13(17)12-11(14)4-3-7-15-12/h3-4,7,9-10H,2,5-6,8H2,1H3,(H,16,17). The summed E-state index contributed by atoms with van der Waals surface area (Å²) >= 11 is 5.35. The molecule has 3 nitrogen and oxygen atoms in total. The van der Waals surface area contributed by atoms with Gasteiger partial charge in [-0.25, -0.2) is 4.98 Å². The number of aromatic nitrogens is 1. The summed E-state index contributed by atoms with van der Waals surface area (Å²) in [5.74, 6) is 1.08. The van der Waals surface area contributed by atoms with Gasteiger partial charge in [-0.2, -0.15) is 11.8 Å². The third-order valence-corrected chi connectivity index (χ3v) is 4.97. The Bertz CT molecular complexity index is 427. The molecule has 0 aromatic carbocycles. The van der Waals surface area contributed by atoms with Crippen molar-refractivity contribution in [3.8, 4) is 0 Å². The molecule has 98 valence electrons. The average Bonchev–Trinajstić information content (AvgIpc) is 2.77. The molecular weight excluding hydrogens is 312 g/mol. The van der Waals surface area contributed by atoms with Crippen LogP contribution in [0.1, 0.15) is 36.7 Å². The van der Waals surface area contributed by atoms with Crippen molar-refractivity contribution in [2.75, 3.05) is 5.75 Å². The highest BCUT2D eigenvalue weighted by Gasteiger charge is 2.26. The molecule has 0 radical (unpaired) electrons. The maximum absolute atomic E-state index is 12.1. The van der Waals surface area contributed by atoms with Gasteiger partial charge in [0, 0.05) is 22.0 Å². The summed E-state index contributed by atoms with van der Waals surface area (Å²) in [5, 5.41) is 3.78. The van der Waals surface area contributed by atoms with E-state index in [0.717, 1.165) is 23.1 Å². The largest absolute Gasteiger partial charge is 0.348 e. The molecule has 2 rings (SSSR count). The van der Waals surface area contributed by atoms with Crippen molar-refractivity contribution in [1.29, 1.82) is 0 Å². The summed E-state index contributed by atoms with van der Waals surface area (Å²) in [7, 11) is 0. The number of amides is 1. The summed E-state index contributed by atoms with van der Waals surface area (Å²) in [6, 6.07) is 3.95. The topological polar surface area (TPSA) is 42.0 Å². The molecule has 1 amide bonds. The minimum absolute atomic E-state index is 0.0744. The number of nitrogens with zero attached hydrogens (tertiary/aromatic N) is 1. The van der Waals surface area contributed by atoms with Crippen LogP contribution >= 0.6 is 27.7 Å². The van der Waals surface area contributed by atoms with E-state index in [0.29, 0.717) is 17.0 Å². The zero-order valence-corrected chi connectivity index (χ0v) is 12.8. The Morgan fingerprint density at radius 1 is 1.61 bits per heavy atom. The van der Waals surface area contributed by atoms with Crippen molar-refractivity contribution < 1.29 is 4.79 Å². The molecule has 1 aromatic heterocycles. The number of rotatable bonds is 4. The second-order valence-electron chi connectivity index (χ2n) is 4.39. The average molecular weight is 329 g/mol. The fourth-order valence-electron chi connectivity index (χ4n) is 2.26. The highest BCUT2D eigenvalue weighted by atomic mass is 79.9. The van der Waals surface area contributed by atoms with Crippen molar-refractivity contribution in [2.24, 2.45) is 0 Å². The first-order chi connectivity index (χ1) is 8.70. The highest BCUT2D eigenvalue weighted by molar-refractivity contribution is 9.10. The molecule has 0 saturated heterocycles. The van der Waals surface area contributed by atoms with Gasteiger partial charge in [0.2, 0.25) is 0 Å². The number of hydrogen-bond donors (Lipinski definition) is 1. The first-order valence-electron chi connectivity index (χ1n) is 6.23. The Labute approximate surface area is 120 Å². The summed E-state index contributed by atoms with van der Waals surface area (Å²) in [5.41, 5.74) is 0.476. The normalized spacial score (nSPS) is 23.0. The Morgan fingerprint density at radius 2 is 2.44 bits per heavy atom. The number of hydrogen-bond acceptors (Lipinski definition) is 3. The van der Waals surface area contributed by atoms with Gasteiger partial charge in [-0.1, -0.05) is 6.92 Å². The van der Waals surface area contributed by atoms with Gasteiger partial charge in [0.1, 0.15) is 5.69 Å². The van der Waals surface area contributed by atoms with E-state index in [-0.39, 0.29) is 5.91 Å². The lowest BCUT2D eigenvalue weighted by Gasteiger charge is -2.13. The van der Waals surface area contributed by atoms with Crippen LogP contribution < -0.4 is 5.32 Å². The van der Waals surface area contributed by atoms with Gasteiger partial charge in [0.15, 0.2) is 0 Å². The van der Waals surface area contributed by atoms with Gasteiger partial charge < -0.3 is 5.32 Å². The zero-order chi connectivity index (χ0) is 13.0. The monoisotopic (exact) mass is 328 g/mol. The Hall–Kier alpha value is -0.550. The molecule has 0 spiro atoms. The number of halogens is 1. The molecule has 5 heteroatoms. The third-order valence-electron chi connectivity index (χ3n) is 3.10. The number of carbonyl (C=O) groups excluding carboxylic acids is 1. The van der Waals surface area contributed by atoms with Crippen molar-refractivity contribution in [3.05, 3.63) is 28.5 Å². The summed E-state index contributed by atoms with van der Waals surface area (Å²) in [4.78, 5) is 16.2. The smallest absolute Gasteiger partial charge is 0.271 e. The molecule has 1 aliphatic rings. The van der Waals surface area contributed by atoms with E-state index >= 15 is 0 Å². The van der Waals surface area contributed by atoms with Crippen LogP contribution in [0.4, 0.5) is 0 Å². The van der Waals surface area contributed by atoms with Gasteiger partial charge >= 0.3 is 0 Å². The van der Waals surface area contributed by atoms with Crippen molar-refractivity contribution >= 4 is 33.6 Å². The van der Waals surface area contributed by atoms with Crippen LogP contribution in [0.15, 0.2) is 22.8 Å². The predicted molar refractivity (Wildman–Crippen MR) is 79.0 cm³/mol. The van der Waals surface area contributed by atoms with E-state index < -0.39 is 0 Å². The molecule has 0 aliphatic heterocycles. The lowest BCUT2D eigenvalue weighted by atomic mass is 10.2. The molecule has 1 N–H and O–H groups in total. The van der Waals surface area contributed by atoms with E-state index in [4.69, 9.17) is 0 Å². The van der Waals surface area contributed by atoms with Gasteiger partial charge in [0.05, 0.1) is 0 Å². The van der Waals surface area contributed by atoms with E-state index in [9.17, 15) is 4.79 Å². The molecular formula is C13H17BrN2OS. The quantitative estimate of drug-likeness (QED) is 0.922. The maximum atomic E-state index is 12.1. The van der Waals surface area contributed by atoms with Crippen LogP contribution in [0.3, 0.4) is 0 Å². The zero-order valence-electron chi connectivity index (χ0n) is 10.4. The van der Waals surface area contributed by atoms with E-state index in [2.05, 4.69) is 33.2 Å². The summed E-state index contributed by atoms with van der Waals surface area (Å²) < 4.78 is 0.750. The van der Waals surface area contributed by atoms with E-state index in [1.807, 2.05) is 23.9 Å². The van der Waals surface area contributed by atoms with Crippen molar-refractivity contribution in [2.45, 2.75) is 37.5 Å². The van der Waals surface area contributed by atoms with Crippen LogP contribution in [-0.2, 0) is 0 Å². The predicted octanol–water partition coefficient (Wildman–Crippen LogP) is 3.25. The van der Waals surface area contributed by atoms with Crippen LogP contribution in [0.5, 0.6) is 0 Å². The fourth-order valence-corrected chi connectivity index (χ4v) is 3.84. The molecule has 1 saturated carbocycles. The Morgan fingerprint density at radius 3 is 3.17 bits per heavy atom. The molecule has 2 atom stereocenters. The molecule has 1 aliphatic carbocycles. The van der Waals surface area contributed by atoms with Gasteiger partial charge in [-0.05, 0) is 53.1 Å². The SMILES string of the molecule is CCSC1CCC(NC(=O)c2ncccc2Br)C1. The molecule has 1 heterocycles. The second-order valence-corrected chi connectivity index (χ2v) is 6.83. The van der Waals surface area contributed by atoms with Crippen LogP contribution in [0.2, 0.25) is 0 Å². The van der Waals surface area contributed by atoms with Crippen LogP contribution in [0.25, 0.3) is 0 Å². The number of carbonyl (C=O) groups is 1. The Kier molecular flexibility index (Phi) is 5.06. The summed E-state index contributed by atoms with van der Waals surface area (Å²) in [6.45, 7) is 2.18. The second kappa shape index (κ2) is 6.57. The molecule has 0 bridgehead atoms. The van der Waals surface area contributed by atoms with Gasteiger partial charge in [0.25, 0.3) is 5.91 Å². The first kappa shape index (κ1) is 13.9. The van der Waals surface area contributed by atoms with Crippen molar-refractivity contribution in [3.63, 3.8) is 0 Å². The lowest BCUT2D eigenvalue weighted by Crippen LogP contribution is -2.33. The molecule has 1 fully saturated rings. The molecule has 1 aromatic rings. The fraction of sp³-hybridized carbons (Fsp3) is 0.538. The van der Waals surface area contributed by atoms with Gasteiger partial charge in [-0.3, -0.25) is 4.79 Å². The van der Waals surface area contributed by atoms with Crippen LogP contribution in [-0.4, -0.2) is 27.9 Å². The highest BCUT2D eigenvalue weighted by Crippen LogP contribution is 2.29. The number of pyridine rings is 1. The Balaban J connectivity index is 1.91. The van der Waals surface area contributed by atoms with Gasteiger partial charge in [-0.15, -0.1) is 0 Å². The van der Waals surface area contributed by atoms with Crippen molar-refractivity contribution in [1.82, 2.24) is 10.3 Å². The van der Waals surface area contributed by atoms with E-state index in [1.54, 1.807) is 6.20 Å². The minimum Gasteiger partial charge on any atom is -0.348 e. The number of nitrogens with one attached hydrogen (secondary N) is 1. The lowest BCUT2D eigenvalue weighted by molar-refractivity contribution is 0.0932. The molecule has 18 heavy (non-hydrogen) atoms. The summed E-state index contributed by atoms with van der Waals surface area (Å²) in [6.07, 6.45) is 5.00. The third kappa shape index (κ3) is 3.48. The minimum atomic E-state index is -0.0744. The van der Waals surface area contributed by atoms with E-state index in [1.165, 1.54) is 6.42 Å².